The number of thioether (sulfide) groups is 1. The van der Waals surface area contributed by atoms with Crippen LogP contribution in [-0.4, -0.2) is 30.4 Å². The van der Waals surface area contributed by atoms with Gasteiger partial charge in [0.25, 0.3) is 5.91 Å². The molecule has 102 valence electrons. The van der Waals surface area contributed by atoms with Gasteiger partial charge in [0.05, 0.1) is 5.25 Å². The second-order valence-electron chi connectivity index (χ2n) is 4.42. The topological polar surface area (TPSA) is 49.4 Å². The summed E-state index contributed by atoms with van der Waals surface area (Å²) in [5.74, 6) is -0.221. The number of carbonyl (C=O) groups is 2. The molecule has 0 aromatic heterocycles. The smallest absolute Gasteiger partial charge is 0.254 e. The summed E-state index contributed by atoms with van der Waals surface area (Å²) in [7, 11) is 1.72. The zero-order valence-corrected chi connectivity index (χ0v) is 13.3. The number of nitrogens with zero attached hydrogens (tertiary/aromatic N) is 1. The van der Waals surface area contributed by atoms with E-state index >= 15 is 0 Å². The Labute approximate surface area is 125 Å². The fraction of sp³-hybridized carbons (Fsp3) is 0.385. The predicted octanol–water partition coefficient (Wildman–Crippen LogP) is 2.33. The molecule has 0 fully saturated rings. The van der Waals surface area contributed by atoms with E-state index in [-0.39, 0.29) is 17.1 Å². The van der Waals surface area contributed by atoms with Crippen LogP contribution in [-0.2, 0) is 9.59 Å². The largest absolute Gasteiger partial charge is 0.339 e. The number of carbonyl (C=O) groups excluding carboxylic acids is 2. The molecule has 0 radical (unpaired) electrons. The molecule has 1 aliphatic rings. The summed E-state index contributed by atoms with van der Waals surface area (Å²) >= 11 is 4.85. The number of amides is 2. The first-order valence-electron chi connectivity index (χ1n) is 5.86. The van der Waals surface area contributed by atoms with Gasteiger partial charge >= 0.3 is 0 Å². The highest BCUT2D eigenvalue weighted by atomic mass is 79.9. The Bertz CT molecular complexity index is 535. The summed E-state index contributed by atoms with van der Waals surface area (Å²) < 4.78 is 0.895. The van der Waals surface area contributed by atoms with Crippen LogP contribution in [0.3, 0.4) is 0 Å². The van der Waals surface area contributed by atoms with Crippen molar-refractivity contribution in [2.24, 2.45) is 0 Å². The molecule has 2 amide bonds. The molecule has 0 aliphatic carbocycles. The predicted molar refractivity (Wildman–Crippen MR) is 81.4 cm³/mol. The summed E-state index contributed by atoms with van der Waals surface area (Å²) in [6, 6.07) is 5.06. The van der Waals surface area contributed by atoms with E-state index in [2.05, 4.69) is 21.2 Å². The maximum absolute atomic E-state index is 12.2. The maximum atomic E-state index is 12.2. The molecule has 0 saturated carbocycles. The van der Waals surface area contributed by atoms with Crippen molar-refractivity contribution in [3.63, 3.8) is 0 Å². The van der Waals surface area contributed by atoms with Crippen molar-refractivity contribution < 1.29 is 9.59 Å². The Morgan fingerprint density at radius 1 is 1.53 bits per heavy atom. The summed E-state index contributed by atoms with van der Waals surface area (Å²) in [6.07, 6.45) is 1.87. The van der Waals surface area contributed by atoms with E-state index in [0.29, 0.717) is 0 Å². The van der Waals surface area contributed by atoms with E-state index in [1.54, 1.807) is 11.9 Å². The summed E-state index contributed by atoms with van der Waals surface area (Å²) in [4.78, 5) is 25.8. The molecular formula is C13H15BrN2O2S. The van der Waals surface area contributed by atoms with Crippen LogP contribution in [0.4, 0.5) is 5.69 Å². The number of fused-ring (bicyclic) bond motifs is 1. The fourth-order valence-corrected chi connectivity index (χ4v) is 2.67. The normalized spacial score (nSPS) is 19.3. The lowest BCUT2D eigenvalue weighted by Gasteiger charge is -2.15. The van der Waals surface area contributed by atoms with Gasteiger partial charge in [-0.3, -0.25) is 9.59 Å². The van der Waals surface area contributed by atoms with Crippen molar-refractivity contribution in [2.75, 3.05) is 18.2 Å². The lowest BCUT2D eigenvalue weighted by molar-refractivity contribution is -0.126. The molecule has 2 atom stereocenters. The summed E-state index contributed by atoms with van der Waals surface area (Å²) in [5.41, 5.74) is 1.68. The Kier molecular flexibility index (Phi) is 4.20. The van der Waals surface area contributed by atoms with Gasteiger partial charge in [0.1, 0.15) is 6.04 Å². The molecule has 0 saturated heterocycles. The van der Waals surface area contributed by atoms with E-state index in [1.807, 2.05) is 31.4 Å². The number of halogens is 1. The van der Waals surface area contributed by atoms with Crippen LogP contribution in [0.5, 0.6) is 0 Å². The van der Waals surface area contributed by atoms with E-state index in [1.165, 1.54) is 11.8 Å². The molecule has 6 heteroatoms. The van der Waals surface area contributed by atoms with Crippen molar-refractivity contribution >= 4 is 45.2 Å². The highest BCUT2D eigenvalue weighted by Gasteiger charge is 2.36. The third kappa shape index (κ3) is 2.65. The third-order valence-electron chi connectivity index (χ3n) is 3.25. The Hall–Kier alpha value is -1.01. The zero-order valence-electron chi connectivity index (χ0n) is 10.9. The molecule has 0 bridgehead atoms. The quantitative estimate of drug-likeness (QED) is 0.917. The lowest BCUT2D eigenvalue weighted by Crippen LogP contribution is -2.39. The molecule has 1 N–H and O–H groups in total. The first-order chi connectivity index (χ1) is 8.95. The minimum atomic E-state index is -0.584. The molecule has 4 nitrogen and oxygen atoms in total. The molecule has 1 aliphatic heterocycles. The van der Waals surface area contributed by atoms with Crippen LogP contribution in [0, 0.1) is 0 Å². The van der Waals surface area contributed by atoms with E-state index in [0.717, 1.165) is 15.7 Å². The van der Waals surface area contributed by atoms with Gasteiger partial charge in [-0.25, -0.2) is 0 Å². The summed E-state index contributed by atoms with van der Waals surface area (Å²) in [6.45, 7) is 1.82. The minimum absolute atomic E-state index is 0.102. The molecular weight excluding hydrogens is 328 g/mol. The number of benzene rings is 1. The third-order valence-corrected chi connectivity index (χ3v) is 4.66. The van der Waals surface area contributed by atoms with Crippen molar-refractivity contribution in [3.8, 4) is 0 Å². The average molecular weight is 343 g/mol. The van der Waals surface area contributed by atoms with Crippen LogP contribution >= 0.6 is 27.7 Å². The number of nitrogens with one attached hydrogen (secondary N) is 1. The van der Waals surface area contributed by atoms with Crippen LogP contribution in [0.2, 0.25) is 0 Å². The first kappa shape index (κ1) is 14.4. The van der Waals surface area contributed by atoms with Crippen molar-refractivity contribution in [1.29, 1.82) is 0 Å². The molecule has 2 rings (SSSR count). The SMILES string of the molecule is CS[C@@H](C)C(=O)N[C@@H]1C(=O)N(C)c2ccc(Br)cc21. The average Bonchev–Trinajstić information content (AvgIpc) is 2.62. The highest BCUT2D eigenvalue weighted by Crippen LogP contribution is 2.36. The van der Waals surface area contributed by atoms with Crippen molar-refractivity contribution in [1.82, 2.24) is 5.32 Å². The molecule has 1 aromatic carbocycles. The maximum Gasteiger partial charge on any atom is 0.254 e. The highest BCUT2D eigenvalue weighted by molar-refractivity contribution is 9.10. The van der Waals surface area contributed by atoms with Gasteiger partial charge in [-0.05, 0) is 31.4 Å². The number of anilines is 1. The standard InChI is InChI=1S/C13H15BrN2O2S/c1-7(19-3)12(17)15-11-9-6-8(14)4-5-10(9)16(2)13(11)18/h4-7,11H,1-3H3,(H,15,17)/t7-,11-/m0/s1. The second kappa shape index (κ2) is 5.54. The van der Waals surface area contributed by atoms with Crippen molar-refractivity contribution in [2.45, 2.75) is 18.2 Å². The lowest BCUT2D eigenvalue weighted by atomic mass is 10.1. The van der Waals surface area contributed by atoms with Crippen LogP contribution < -0.4 is 10.2 Å². The molecule has 0 spiro atoms. The Morgan fingerprint density at radius 2 is 2.21 bits per heavy atom. The molecule has 1 heterocycles. The molecule has 0 unspecified atom stereocenters. The first-order valence-corrected chi connectivity index (χ1v) is 7.94. The van der Waals surface area contributed by atoms with Crippen LogP contribution in [0.15, 0.2) is 22.7 Å². The zero-order chi connectivity index (χ0) is 14.2. The number of hydrogen-bond acceptors (Lipinski definition) is 3. The van der Waals surface area contributed by atoms with Gasteiger partial charge in [-0.15, -0.1) is 0 Å². The van der Waals surface area contributed by atoms with E-state index < -0.39 is 6.04 Å². The van der Waals surface area contributed by atoms with Gasteiger partial charge < -0.3 is 10.2 Å². The van der Waals surface area contributed by atoms with Gasteiger partial charge in [0, 0.05) is 22.8 Å². The fourth-order valence-electron chi connectivity index (χ4n) is 2.01. The Balaban J connectivity index is 2.30. The van der Waals surface area contributed by atoms with E-state index in [9.17, 15) is 9.59 Å². The Morgan fingerprint density at radius 3 is 2.84 bits per heavy atom. The monoisotopic (exact) mass is 342 g/mol. The molecule has 19 heavy (non-hydrogen) atoms. The van der Waals surface area contributed by atoms with Gasteiger partial charge in [0.2, 0.25) is 5.91 Å². The van der Waals surface area contributed by atoms with E-state index in [4.69, 9.17) is 0 Å². The number of rotatable bonds is 3. The van der Waals surface area contributed by atoms with Gasteiger partial charge in [0.15, 0.2) is 0 Å². The van der Waals surface area contributed by atoms with Gasteiger partial charge in [-0.1, -0.05) is 15.9 Å². The summed E-state index contributed by atoms with van der Waals surface area (Å²) in [5, 5.41) is 2.65. The number of hydrogen-bond donors (Lipinski definition) is 1. The second-order valence-corrected chi connectivity index (χ2v) is 6.51. The van der Waals surface area contributed by atoms with Crippen LogP contribution in [0.1, 0.15) is 18.5 Å². The number of likely N-dealkylation sites (N-methyl/N-ethyl adjacent to an activating group) is 1. The minimum Gasteiger partial charge on any atom is -0.339 e. The van der Waals surface area contributed by atoms with Gasteiger partial charge in [-0.2, -0.15) is 11.8 Å². The van der Waals surface area contributed by atoms with Crippen molar-refractivity contribution in [3.05, 3.63) is 28.2 Å². The van der Waals surface area contributed by atoms with Crippen LogP contribution in [0.25, 0.3) is 0 Å². The molecule has 1 aromatic rings.